The van der Waals surface area contributed by atoms with Gasteiger partial charge in [-0.25, -0.2) is 0 Å². The monoisotopic (exact) mass is 219 g/mol. The van der Waals surface area contributed by atoms with Gasteiger partial charge in [0.25, 0.3) is 0 Å². The quantitative estimate of drug-likeness (QED) is 0.599. The van der Waals surface area contributed by atoms with Crippen molar-refractivity contribution < 1.29 is 4.79 Å². The molecule has 0 heterocycles. The fraction of sp³-hybridized carbons (Fsp3) is 0.333. The van der Waals surface area contributed by atoms with Crippen LogP contribution in [-0.2, 0) is 4.79 Å². The lowest BCUT2D eigenvalue weighted by Crippen LogP contribution is -2.22. The summed E-state index contributed by atoms with van der Waals surface area (Å²) in [5.74, 6) is 0.198. The van der Waals surface area contributed by atoms with Gasteiger partial charge in [-0.3, -0.25) is 9.79 Å². The molecule has 1 aromatic carbocycles. The first-order chi connectivity index (χ1) is 7.54. The second-order valence-electron chi connectivity index (χ2n) is 3.71. The fourth-order valence-electron chi connectivity index (χ4n) is 1.44. The van der Waals surface area contributed by atoms with E-state index in [0.717, 1.165) is 16.8 Å². The molecule has 0 radical (unpaired) electrons. The molecule has 4 nitrogen and oxygen atoms in total. The van der Waals surface area contributed by atoms with Gasteiger partial charge in [-0.2, -0.15) is 0 Å². The molecule has 3 N–H and O–H groups in total. The van der Waals surface area contributed by atoms with Crippen molar-refractivity contribution in [2.24, 2.45) is 10.7 Å². The number of hydrogen-bond donors (Lipinski definition) is 2. The summed E-state index contributed by atoms with van der Waals surface area (Å²) in [6, 6.07) is 5.88. The molecule has 0 bridgehead atoms. The van der Waals surface area contributed by atoms with Crippen molar-refractivity contribution in [2.75, 3.05) is 12.4 Å². The maximum Gasteiger partial charge on any atom is 0.231 e. The summed E-state index contributed by atoms with van der Waals surface area (Å²) < 4.78 is 0. The van der Waals surface area contributed by atoms with E-state index in [4.69, 9.17) is 5.73 Å². The topological polar surface area (TPSA) is 67.5 Å². The van der Waals surface area contributed by atoms with Crippen LogP contribution in [0.4, 0.5) is 5.69 Å². The number of carbonyl (C=O) groups excluding carboxylic acids is 1. The van der Waals surface area contributed by atoms with Crippen LogP contribution in [0.25, 0.3) is 0 Å². The number of amides is 1. The Morgan fingerprint density at radius 1 is 1.38 bits per heavy atom. The normalized spacial score (nSPS) is 11.3. The smallest absolute Gasteiger partial charge is 0.231 e. The predicted molar refractivity (Wildman–Crippen MR) is 66.7 cm³/mol. The Hall–Kier alpha value is -1.84. The van der Waals surface area contributed by atoms with Crippen LogP contribution in [0.2, 0.25) is 0 Å². The van der Waals surface area contributed by atoms with E-state index in [0.29, 0.717) is 5.84 Å². The van der Waals surface area contributed by atoms with Crippen LogP contribution in [0.5, 0.6) is 0 Å². The molecule has 16 heavy (non-hydrogen) atoms. The van der Waals surface area contributed by atoms with Gasteiger partial charge in [0, 0.05) is 12.7 Å². The highest BCUT2D eigenvalue weighted by atomic mass is 16.1. The number of anilines is 1. The third kappa shape index (κ3) is 3.08. The van der Waals surface area contributed by atoms with Crippen molar-refractivity contribution in [3.63, 3.8) is 0 Å². The first-order valence-corrected chi connectivity index (χ1v) is 5.11. The number of benzene rings is 1. The van der Waals surface area contributed by atoms with Crippen LogP contribution in [-0.4, -0.2) is 18.8 Å². The minimum atomic E-state index is -0.138. The summed E-state index contributed by atoms with van der Waals surface area (Å²) in [7, 11) is 1.57. The van der Waals surface area contributed by atoms with Gasteiger partial charge in [0.15, 0.2) is 0 Å². The van der Waals surface area contributed by atoms with E-state index in [1.165, 1.54) is 0 Å². The Labute approximate surface area is 95.6 Å². The molecule has 0 unspecified atom stereocenters. The summed E-state index contributed by atoms with van der Waals surface area (Å²) in [6.45, 7) is 3.92. The largest absolute Gasteiger partial charge is 0.387 e. The van der Waals surface area contributed by atoms with Gasteiger partial charge >= 0.3 is 0 Å². The second-order valence-corrected chi connectivity index (χ2v) is 3.71. The van der Waals surface area contributed by atoms with E-state index in [2.05, 4.69) is 10.3 Å². The lowest BCUT2D eigenvalue weighted by molar-refractivity contribution is -0.115. The number of aliphatic imine (C=N–C) groups is 1. The van der Waals surface area contributed by atoms with Crippen LogP contribution < -0.4 is 11.1 Å². The highest BCUT2D eigenvalue weighted by Gasteiger charge is 2.08. The third-order valence-electron chi connectivity index (χ3n) is 2.37. The van der Waals surface area contributed by atoms with E-state index in [-0.39, 0.29) is 12.3 Å². The van der Waals surface area contributed by atoms with Crippen molar-refractivity contribution in [1.29, 1.82) is 0 Å². The Morgan fingerprint density at radius 3 is 2.44 bits per heavy atom. The van der Waals surface area contributed by atoms with Crippen molar-refractivity contribution >= 4 is 17.4 Å². The molecule has 0 saturated carbocycles. The van der Waals surface area contributed by atoms with Crippen LogP contribution in [0.1, 0.15) is 17.5 Å². The number of carbonyl (C=O) groups is 1. The standard InChI is InChI=1S/C12H17N3O/c1-8-5-4-6-9(2)12(8)15-11(16)7-10(13)14-3/h4-6H,7H2,1-3H3,(H2,13,14)(H,15,16). The zero-order chi connectivity index (χ0) is 12.1. The Bertz CT molecular complexity index is 404. The molecule has 0 fully saturated rings. The number of nitrogens with zero attached hydrogens (tertiary/aromatic N) is 1. The van der Waals surface area contributed by atoms with Crippen molar-refractivity contribution in [3.8, 4) is 0 Å². The van der Waals surface area contributed by atoms with Crippen LogP contribution in [0.15, 0.2) is 23.2 Å². The molecule has 0 saturated heterocycles. The minimum Gasteiger partial charge on any atom is -0.387 e. The van der Waals surface area contributed by atoms with Crippen LogP contribution in [0.3, 0.4) is 0 Å². The number of rotatable bonds is 3. The lowest BCUT2D eigenvalue weighted by Gasteiger charge is -2.11. The fourth-order valence-corrected chi connectivity index (χ4v) is 1.44. The molecule has 0 aliphatic carbocycles. The van der Waals surface area contributed by atoms with Crippen LogP contribution in [0, 0.1) is 13.8 Å². The van der Waals surface area contributed by atoms with E-state index < -0.39 is 0 Å². The molecule has 0 aliphatic heterocycles. The predicted octanol–water partition coefficient (Wildman–Crippen LogP) is 1.62. The molecule has 0 atom stereocenters. The number of nitrogens with one attached hydrogen (secondary N) is 1. The van der Waals surface area contributed by atoms with Gasteiger partial charge in [-0.1, -0.05) is 18.2 Å². The molecule has 1 rings (SSSR count). The first-order valence-electron chi connectivity index (χ1n) is 5.11. The van der Waals surface area contributed by atoms with Gasteiger partial charge in [0.2, 0.25) is 5.91 Å². The van der Waals surface area contributed by atoms with E-state index in [1.54, 1.807) is 7.05 Å². The summed E-state index contributed by atoms with van der Waals surface area (Å²) >= 11 is 0. The van der Waals surface area contributed by atoms with E-state index in [1.807, 2.05) is 32.0 Å². The van der Waals surface area contributed by atoms with Crippen molar-refractivity contribution in [2.45, 2.75) is 20.3 Å². The zero-order valence-corrected chi connectivity index (χ0v) is 9.87. The molecular formula is C12H17N3O. The van der Waals surface area contributed by atoms with Crippen molar-refractivity contribution in [1.82, 2.24) is 0 Å². The molecule has 4 heteroatoms. The van der Waals surface area contributed by atoms with E-state index in [9.17, 15) is 4.79 Å². The molecule has 1 aromatic rings. The number of amidine groups is 1. The summed E-state index contributed by atoms with van der Waals surface area (Å²) in [6.07, 6.45) is 0.129. The molecule has 0 aromatic heterocycles. The number of nitrogens with two attached hydrogens (primary N) is 1. The van der Waals surface area contributed by atoms with Crippen molar-refractivity contribution in [3.05, 3.63) is 29.3 Å². The highest BCUT2D eigenvalue weighted by molar-refractivity contribution is 6.05. The Morgan fingerprint density at radius 2 is 1.94 bits per heavy atom. The summed E-state index contributed by atoms with van der Waals surface area (Å²) in [5, 5.41) is 2.84. The van der Waals surface area contributed by atoms with Gasteiger partial charge in [-0.15, -0.1) is 0 Å². The molecular weight excluding hydrogens is 202 g/mol. The van der Waals surface area contributed by atoms with Gasteiger partial charge in [0.1, 0.15) is 5.84 Å². The minimum absolute atomic E-state index is 0.129. The second kappa shape index (κ2) is 5.30. The first kappa shape index (κ1) is 12.2. The number of para-hydroxylation sites is 1. The summed E-state index contributed by atoms with van der Waals surface area (Å²) in [4.78, 5) is 15.4. The summed E-state index contributed by atoms with van der Waals surface area (Å²) in [5.41, 5.74) is 8.43. The van der Waals surface area contributed by atoms with Crippen LogP contribution >= 0.6 is 0 Å². The van der Waals surface area contributed by atoms with Gasteiger partial charge in [0.05, 0.1) is 6.42 Å². The molecule has 86 valence electrons. The van der Waals surface area contributed by atoms with Gasteiger partial charge < -0.3 is 11.1 Å². The number of hydrogen-bond acceptors (Lipinski definition) is 2. The molecule has 0 aliphatic rings. The third-order valence-corrected chi connectivity index (χ3v) is 2.37. The lowest BCUT2D eigenvalue weighted by atomic mass is 10.1. The maximum absolute atomic E-state index is 11.6. The molecule has 0 spiro atoms. The maximum atomic E-state index is 11.6. The Kier molecular flexibility index (Phi) is 4.05. The average molecular weight is 219 g/mol. The van der Waals surface area contributed by atoms with E-state index >= 15 is 0 Å². The average Bonchev–Trinajstić information content (AvgIpc) is 2.23. The van der Waals surface area contributed by atoms with Gasteiger partial charge in [-0.05, 0) is 25.0 Å². The zero-order valence-electron chi connectivity index (χ0n) is 9.87. The Balaban J connectivity index is 2.77. The number of aryl methyl sites for hydroxylation is 2. The SMILES string of the molecule is CN=C(N)CC(=O)Nc1c(C)cccc1C. The highest BCUT2D eigenvalue weighted by Crippen LogP contribution is 2.19. The molecule has 1 amide bonds.